The number of aliphatic imine (C=N–C) groups is 1. The van der Waals surface area contributed by atoms with Crippen molar-refractivity contribution in [3.63, 3.8) is 0 Å². The van der Waals surface area contributed by atoms with Gasteiger partial charge in [0.25, 0.3) is 5.91 Å². The molecule has 3 heterocycles. The van der Waals surface area contributed by atoms with Gasteiger partial charge in [-0.1, -0.05) is 0 Å². The van der Waals surface area contributed by atoms with Gasteiger partial charge >= 0.3 is 0 Å². The molecule has 2 aromatic rings. The van der Waals surface area contributed by atoms with E-state index in [0.29, 0.717) is 25.4 Å². The van der Waals surface area contributed by atoms with Gasteiger partial charge in [0.2, 0.25) is 0 Å². The van der Waals surface area contributed by atoms with Crippen molar-refractivity contribution in [2.24, 2.45) is 12.0 Å². The number of amides is 1. The molecule has 1 N–H and O–H groups in total. The number of carbonyl (C=O) groups is 1. The first-order valence-corrected chi connectivity index (χ1v) is 8.38. The van der Waals surface area contributed by atoms with Gasteiger partial charge < -0.3 is 24.1 Å². The van der Waals surface area contributed by atoms with Crippen LogP contribution in [0.1, 0.15) is 23.3 Å². The van der Waals surface area contributed by atoms with E-state index in [9.17, 15) is 4.79 Å². The van der Waals surface area contributed by atoms with E-state index in [-0.39, 0.29) is 5.91 Å². The summed E-state index contributed by atoms with van der Waals surface area (Å²) in [6, 6.07) is 3.42. The van der Waals surface area contributed by atoms with Gasteiger partial charge in [0, 0.05) is 39.8 Å². The molecule has 1 aliphatic heterocycles. The third-order valence-electron chi connectivity index (χ3n) is 4.11. The lowest BCUT2D eigenvalue weighted by atomic mass is 10.3. The van der Waals surface area contributed by atoms with E-state index in [1.807, 2.05) is 23.4 Å². The molecule has 1 amide bonds. The van der Waals surface area contributed by atoms with Crippen LogP contribution in [-0.2, 0) is 13.6 Å². The van der Waals surface area contributed by atoms with Crippen LogP contribution in [0.5, 0.6) is 0 Å². The lowest BCUT2D eigenvalue weighted by Crippen LogP contribution is -2.53. The Morgan fingerprint density at radius 3 is 2.68 bits per heavy atom. The largest absolute Gasteiger partial charge is 0.459 e. The fraction of sp³-hybridized carbons (Fsp3) is 0.500. The highest BCUT2D eigenvalue weighted by molar-refractivity contribution is 5.91. The first-order valence-electron chi connectivity index (χ1n) is 8.38. The van der Waals surface area contributed by atoms with Gasteiger partial charge in [-0.3, -0.25) is 4.79 Å². The Balaban J connectivity index is 1.60. The Kier molecular flexibility index (Phi) is 5.32. The Bertz CT molecular complexity index is 715. The minimum atomic E-state index is -0.0642. The monoisotopic (exact) mass is 345 g/mol. The molecule has 0 unspecified atom stereocenters. The molecule has 9 heteroatoms. The van der Waals surface area contributed by atoms with Gasteiger partial charge in [0.05, 0.1) is 6.26 Å². The summed E-state index contributed by atoms with van der Waals surface area (Å²) in [4.78, 5) is 20.9. The number of hydrogen-bond donors (Lipinski definition) is 1. The summed E-state index contributed by atoms with van der Waals surface area (Å²) in [6.07, 6.45) is 3.18. The third-order valence-corrected chi connectivity index (χ3v) is 4.11. The molecule has 0 bridgehead atoms. The molecule has 0 aromatic carbocycles. The first kappa shape index (κ1) is 17.0. The zero-order valence-corrected chi connectivity index (χ0v) is 14.6. The van der Waals surface area contributed by atoms with Gasteiger partial charge in [-0.05, 0) is 19.1 Å². The van der Waals surface area contributed by atoms with Crippen LogP contribution < -0.4 is 5.32 Å². The SMILES string of the molecule is CCNC(=NCc1nncn1C)N1CCN(C(=O)c2ccco2)CC1. The smallest absolute Gasteiger partial charge is 0.289 e. The molecular formula is C16H23N7O2. The van der Waals surface area contributed by atoms with Crippen molar-refractivity contribution in [2.75, 3.05) is 32.7 Å². The van der Waals surface area contributed by atoms with Crippen LogP contribution in [0.3, 0.4) is 0 Å². The molecule has 2 aromatic heterocycles. The van der Waals surface area contributed by atoms with E-state index in [1.165, 1.54) is 6.26 Å². The van der Waals surface area contributed by atoms with E-state index >= 15 is 0 Å². The Morgan fingerprint density at radius 1 is 1.32 bits per heavy atom. The van der Waals surface area contributed by atoms with E-state index in [0.717, 1.165) is 31.4 Å². The predicted octanol–water partition coefficient (Wildman–Crippen LogP) is 0.332. The zero-order valence-electron chi connectivity index (χ0n) is 14.6. The molecule has 1 saturated heterocycles. The molecule has 1 fully saturated rings. The van der Waals surface area contributed by atoms with E-state index in [4.69, 9.17) is 4.42 Å². The molecule has 0 spiro atoms. The molecule has 9 nitrogen and oxygen atoms in total. The van der Waals surface area contributed by atoms with Crippen LogP contribution in [0.4, 0.5) is 0 Å². The quantitative estimate of drug-likeness (QED) is 0.634. The highest BCUT2D eigenvalue weighted by Crippen LogP contribution is 2.10. The summed E-state index contributed by atoms with van der Waals surface area (Å²) in [5.41, 5.74) is 0. The fourth-order valence-electron chi connectivity index (χ4n) is 2.70. The van der Waals surface area contributed by atoms with Gasteiger partial charge in [-0.25, -0.2) is 4.99 Å². The van der Waals surface area contributed by atoms with Crippen molar-refractivity contribution in [3.8, 4) is 0 Å². The first-order chi connectivity index (χ1) is 12.2. The standard InChI is InChI=1S/C16H23N7O2/c1-3-17-16(18-11-14-20-19-12-21(14)2)23-8-6-22(7-9-23)15(24)13-5-4-10-25-13/h4-5,10,12H,3,6-9,11H2,1-2H3,(H,17,18). The maximum absolute atomic E-state index is 12.3. The van der Waals surface area contributed by atoms with Crippen LogP contribution in [0.2, 0.25) is 0 Å². The van der Waals surface area contributed by atoms with Crippen molar-refractivity contribution in [1.29, 1.82) is 0 Å². The van der Waals surface area contributed by atoms with Gasteiger partial charge in [-0.2, -0.15) is 0 Å². The number of aryl methyl sites for hydroxylation is 1. The summed E-state index contributed by atoms with van der Waals surface area (Å²) in [5, 5.41) is 11.2. The maximum Gasteiger partial charge on any atom is 0.289 e. The van der Waals surface area contributed by atoms with Crippen molar-refractivity contribution in [1.82, 2.24) is 29.9 Å². The highest BCUT2D eigenvalue weighted by atomic mass is 16.3. The van der Waals surface area contributed by atoms with Crippen LogP contribution in [0, 0.1) is 0 Å². The summed E-state index contributed by atoms with van der Waals surface area (Å²) < 4.78 is 7.05. The van der Waals surface area contributed by atoms with Crippen molar-refractivity contribution in [3.05, 3.63) is 36.3 Å². The number of rotatable bonds is 4. The van der Waals surface area contributed by atoms with Gasteiger partial charge in [-0.15, -0.1) is 10.2 Å². The zero-order chi connectivity index (χ0) is 17.6. The second-order valence-electron chi connectivity index (χ2n) is 5.78. The topological polar surface area (TPSA) is 91.8 Å². The Hall–Kier alpha value is -2.84. The molecule has 0 radical (unpaired) electrons. The predicted molar refractivity (Wildman–Crippen MR) is 92.0 cm³/mol. The van der Waals surface area contributed by atoms with E-state index < -0.39 is 0 Å². The molecule has 0 atom stereocenters. The summed E-state index contributed by atoms with van der Waals surface area (Å²) in [5.74, 6) is 1.96. The van der Waals surface area contributed by atoms with E-state index in [1.54, 1.807) is 18.5 Å². The lowest BCUT2D eigenvalue weighted by molar-refractivity contribution is 0.0657. The highest BCUT2D eigenvalue weighted by Gasteiger charge is 2.25. The van der Waals surface area contributed by atoms with Crippen LogP contribution in [0.25, 0.3) is 0 Å². The number of guanidine groups is 1. The number of nitrogens with one attached hydrogen (secondary N) is 1. The fourth-order valence-corrected chi connectivity index (χ4v) is 2.70. The number of furan rings is 1. The van der Waals surface area contributed by atoms with Crippen LogP contribution in [-0.4, -0.2) is 69.2 Å². The van der Waals surface area contributed by atoms with E-state index in [2.05, 4.69) is 25.4 Å². The number of aromatic nitrogens is 3. The van der Waals surface area contributed by atoms with Crippen molar-refractivity contribution in [2.45, 2.75) is 13.5 Å². The molecular weight excluding hydrogens is 322 g/mol. The molecule has 3 rings (SSSR count). The molecule has 25 heavy (non-hydrogen) atoms. The Morgan fingerprint density at radius 2 is 2.08 bits per heavy atom. The summed E-state index contributed by atoms with van der Waals surface area (Å²) in [7, 11) is 1.90. The summed E-state index contributed by atoms with van der Waals surface area (Å²) in [6.45, 7) is 5.98. The van der Waals surface area contributed by atoms with Crippen molar-refractivity contribution >= 4 is 11.9 Å². The average Bonchev–Trinajstić information content (AvgIpc) is 3.30. The third kappa shape index (κ3) is 3.98. The van der Waals surface area contributed by atoms with Gasteiger partial charge in [0.1, 0.15) is 12.9 Å². The molecule has 1 aliphatic rings. The van der Waals surface area contributed by atoms with Crippen LogP contribution >= 0.6 is 0 Å². The van der Waals surface area contributed by atoms with Crippen LogP contribution in [0.15, 0.2) is 34.1 Å². The maximum atomic E-state index is 12.3. The van der Waals surface area contributed by atoms with Crippen molar-refractivity contribution < 1.29 is 9.21 Å². The Labute approximate surface area is 146 Å². The number of piperazine rings is 1. The minimum Gasteiger partial charge on any atom is -0.459 e. The molecule has 0 saturated carbocycles. The number of carbonyl (C=O) groups excluding carboxylic acids is 1. The number of hydrogen-bond acceptors (Lipinski definition) is 5. The molecule has 134 valence electrons. The number of nitrogens with zero attached hydrogens (tertiary/aromatic N) is 6. The summed E-state index contributed by atoms with van der Waals surface area (Å²) >= 11 is 0. The average molecular weight is 345 g/mol. The molecule has 0 aliphatic carbocycles. The normalized spacial score (nSPS) is 15.5. The lowest BCUT2D eigenvalue weighted by Gasteiger charge is -2.36. The minimum absolute atomic E-state index is 0.0642. The van der Waals surface area contributed by atoms with Gasteiger partial charge in [0.15, 0.2) is 17.5 Å². The second-order valence-corrected chi connectivity index (χ2v) is 5.78. The second kappa shape index (κ2) is 7.82.